The topological polar surface area (TPSA) is 68.2 Å². The Morgan fingerprint density at radius 1 is 1.33 bits per heavy atom. The van der Waals surface area contributed by atoms with E-state index in [2.05, 4.69) is 35.8 Å². The van der Waals surface area contributed by atoms with Crippen LogP contribution in [0.4, 0.5) is 0 Å². The SMILES string of the molecule is CN(C)CCc1noc(C(CN)CC(C)(C)C)n1. The maximum absolute atomic E-state index is 5.81. The van der Waals surface area contributed by atoms with E-state index in [0.717, 1.165) is 25.2 Å². The number of nitrogens with two attached hydrogens (primary N) is 1. The molecule has 104 valence electrons. The zero-order chi connectivity index (χ0) is 13.8. The Hall–Kier alpha value is -0.940. The maximum atomic E-state index is 5.81. The first kappa shape index (κ1) is 15.1. The van der Waals surface area contributed by atoms with Crippen molar-refractivity contribution in [2.45, 2.75) is 39.5 Å². The number of likely N-dealkylation sites (N-methyl/N-ethyl adjacent to an activating group) is 1. The summed E-state index contributed by atoms with van der Waals surface area (Å²) < 4.78 is 5.34. The fourth-order valence-electron chi connectivity index (χ4n) is 1.87. The summed E-state index contributed by atoms with van der Waals surface area (Å²) in [4.78, 5) is 6.56. The molecular weight excluding hydrogens is 228 g/mol. The summed E-state index contributed by atoms with van der Waals surface area (Å²) in [5.74, 6) is 1.61. The van der Waals surface area contributed by atoms with E-state index in [1.807, 2.05) is 14.1 Å². The van der Waals surface area contributed by atoms with Crippen molar-refractivity contribution in [3.05, 3.63) is 11.7 Å². The van der Waals surface area contributed by atoms with Gasteiger partial charge < -0.3 is 15.2 Å². The number of rotatable bonds is 6. The molecule has 0 amide bonds. The molecule has 5 heteroatoms. The van der Waals surface area contributed by atoms with E-state index in [4.69, 9.17) is 10.3 Å². The summed E-state index contributed by atoms with van der Waals surface area (Å²) in [7, 11) is 4.06. The molecule has 18 heavy (non-hydrogen) atoms. The Balaban J connectivity index is 2.64. The number of aromatic nitrogens is 2. The molecule has 0 spiro atoms. The van der Waals surface area contributed by atoms with Gasteiger partial charge in [0, 0.05) is 19.5 Å². The average Bonchev–Trinajstić information content (AvgIpc) is 2.70. The molecule has 1 rings (SSSR count). The van der Waals surface area contributed by atoms with Gasteiger partial charge in [0.15, 0.2) is 5.82 Å². The molecule has 2 N–H and O–H groups in total. The highest BCUT2D eigenvalue weighted by Gasteiger charge is 2.23. The molecule has 0 saturated carbocycles. The van der Waals surface area contributed by atoms with Gasteiger partial charge in [0.05, 0.1) is 5.92 Å². The van der Waals surface area contributed by atoms with E-state index in [9.17, 15) is 0 Å². The van der Waals surface area contributed by atoms with E-state index >= 15 is 0 Å². The summed E-state index contributed by atoms with van der Waals surface area (Å²) in [5, 5.41) is 4.02. The average molecular weight is 254 g/mol. The lowest BCUT2D eigenvalue weighted by atomic mass is 9.84. The van der Waals surface area contributed by atoms with E-state index in [0.29, 0.717) is 12.4 Å². The molecule has 0 radical (unpaired) electrons. The summed E-state index contributed by atoms with van der Waals surface area (Å²) in [6, 6.07) is 0. The smallest absolute Gasteiger partial charge is 0.231 e. The summed E-state index contributed by atoms with van der Waals surface area (Å²) in [6.07, 6.45) is 1.77. The Bertz CT molecular complexity index is 354. The van der Waals surface area contributed by atoms with Crippen LogP contribution >= 0.6 is 0 Å². The van der Waals surface area contributed by atoms with Gasteiger partial charge in [0.2, 0.25) is 5.89 Å². The van der Waals surface area contributed by atoms with Crippen molar-refractivity contribution in [1.82, 2.24) is 15.0 Å². The monoisotopic (exact) mass is 254 g/mol. The fourth-order valence-corrected chi connectivity index (χ4v) is 1.87. The van der Waals surface area contributed by atoms with E-state index in [1.54, 1.807) is 0 Å². The van der Waals surface area contributed by atoms with Gasteiger partial charge in [-0.15, -0.1) is 0 Å². The van der Waals surface area contributed by atoms with Gasteiger partial charge in [-0.25, -0.2) is 0 Å². The Morgan fingerprint density at radius 3 is 2.50 bits per heavy atom. The lowest BCUT2D eigenvalue weighted by molar-refractivity contribution is 0.285. The maximum Gasteiger partial charge on any atom is 0.231 e. The standard InChI is InChI=1S/C13H26N4O/c1-13(2,3)8-10(9-14)12-15-11(16-18-12)6-7-17(4)5/h10H,6-9,14H2,1-5H3. The molecular formula is C13H26N4O. The van der Waals surface area contributed by atoms with Gasteiger partial charge in [0.25, 0.3) is 0 Å². The molecule has 0 aliphatic rings. The van der Waals surface area contributed by atoms with Crippen molar-refractivity contribution in [1.29, 1.82) is 0 Å². The third kappa shape index (κ3) is 5.14. The normalized spacial score (nSPS) is 14.2. The van der Waals surface area contributed by atoms with Crippen molar-refractivity contribution in [2.75, 3.05) is 27.2 Å². The molecule has 0 aliphatic carbocycles. The van der Waals surface area contributed by atoms with Gasteiger partial charge in [-0.2, -0.15) is 4.98 Å². The minimum atomic E-state index is 0.158. The minimum absolute atomic E-state index is 0.158. The first-order valence-corrected chi connectivity index (χ1v) is 6.49. The Labute approximate surface area is 110 Å². The van der Waals surface area contributed by atoms with Crippen LogP contribution in [0.1, 0.15) is 44.8 Å². The Morgan fingerprint density at radius 2 is 2.00 bits per heavy atom. The predicted octanol–water partition coefficient (Wildman–Crippen LogP) is 1.65. The quantitative estimate of drug-likeness (QED) is 0.836. The van der Waals surface area contributed by atoms with Gasteiger partial charge in [-0.1, -0.05) is 25.9 Å². The highest BCUT2D eigenvalue weighted by atomic mass is 16.5. The van der Waals surface area contributed by atoms with Gasteiger partial charge >= 0.3 is 0 Å². The highest BCUT2D eigenvalue weighted by Crippen LogP contribution is 2.29. The van der Waals surface area contributed by atoms with Crippen molar-refractivity contribution in [3.8, 4) is 0 Å². The molecule has 0 aromatic carbocycles. The lowest BCUT2D eigenvalue weighted by Crippen LogP contribution is -2.20. The largest absolute Gasteiger partial charge is 0.339 e. The summed E-state index contributed by atoms with van der Waals surface area (Å²) >= 11 is 0. The molecule has 0 bridgehead atoms. The second kappa shape index (κ2) is 6.29. The van der Waals surface area contributed by atoms with Crippen molar-refractivity contribution < 1.29 is 4.52 Å². The zero-order valence-corrected chi connectivity index (χ0v) is 12.2. The van der Waals surface area contributed by atoms with Crippen LogP contribution in [0.25, 0.3) is 0 Å². The molecule has 1 aromatic rings. The van der Waals surface area contributed by atoms with Crippen molar-refractivity contribution in [2.24, 2.45) is 11.1 Å². The molecule has 0 fully saturated rings. The zero-order valence-electron chi connectivity index (χ0n) is 12.2. The first-order chi connectivity index (χ1) is 8.31. The third-order valence-corrected chi connectivity index (χ3v) is 2.76. The van der Waals surface area contributed by atoms with E-state index in [1.165, 1.54) is 0 Å². The van der Waals surface area contributed by atoms with Crippen LogP contribution in [-0.4, -0.2) is 42.2 Å². The third-order valence-electron chi connectivity index (χ3n) is 2.76. The molecule has 1 aromatic heterocycles. The fraction of sp³-hybridized carbons (Fsp3) is 0.846. The molecule has 1 heterocycles. The van der Waals surface area contributed by atoms with Crippen LogP contribution < -0.4 is 5.73 Å². The van der Waals surface area contributed by atoms with Crippen LogP contribution in [0.5, 0.6) is 0 Å². The van der Waals surface area contributed by atoms with E-state index < -0.39 is 0 Å². The van der Waals surface area contributed by atoms with Crippen LogP contribution in [0.15, 0.2) is 4.52 Å². The predicted molar refractivity (Wildman–Crippen MR) is 72.4 cm³/mol. The van der Waals surface area contributed by atoms with Gasteiger partial charge in [0.1, 0.15) is 0 Å². The van der Waals surface area contributed by atoms with Crippen LogP contribution in [-0.2, 0) is 6.42 Å². The van der Waals surface area contributed by atoms with Crippen molar-refractivity contribution in [3.63, 3.8) is 0 Å². The highest BCUT2D eigenvalue weighted by molar-refractivity contribution is 4.96. The number of hydrogen-bond donors (Lipinski definition) is 1. The molecule has 0 saturated heterocycles. The van der Waals surface area contributed by atoms with Crippen molar-refractivity contribution >= 4 is 0 Å². The molecule has 1 unspecified atom stereocenters. The second-order valence-corrected chi connectivity index (χ2v) is 6.30. The number of hydrogen-bond acceptors (Lipinski definition) is 5. The molecule has 5 nitrogen and oxygen atoms in total. The lowest BCUT2D eigenvalue weighted by Gasteiger charge is -2.22. The summed E-state index contributed by atoms with van der Waals surface area (Å²) in [6.45, 7) is 8.05. The summed E-state index contributed by atoms with van der Waals surface area (Å²) in [5.41, 5.74) is 6.02. The van der Waals surface area contributed by atoms with Crippen LogP contribution in [0.2, 0.25) is 0 Å². The van der Waals surface area contributed by atoms with Gasteiger partial charge in [-0.05, 0) is 25.9 Å². The molecule has 0 aliphatic heterocycles. The second-order valence-electron chi connectivity index (χ2n) is 6.30. The van der Waals surface area contributed by atoms with Gasteiger partial charge in [-0.3, -0.25) is 0 Å². The number of nitrogens with zero attached hydrogens (tertiary/aromatic N) is 3. The van der Waals surface area contributed by atoms with Crippen LogP contribution in [0, 0.1) is 5.41 Å². The van der Waals surface area contributed by atoms with E-state index in [-0.39, 0.29) is 11.3 Å². The Kier molecular flexibility index (Phi) is 5.28. The molecule has 1 atom stereocenters. The van der Waals surface area contributed by atoms with Crippen LogP contribution in [0.3, 0.4) is 0 Å². The first-order valence-electron chi connectivity index (χ1n) is 6.49. The minimum Gasteiger partial charge on any atom is -0.339 e.